The molecule has 0 aromatic heterocycles. The monoisotopic (exact) mass is 238 g/mol. The van der Waals surface area contributed by atoms with Gasteiger partial charge in [0.05, 0.1) is 10.6 Å². The Bertz CT molecular complexity index is 449. The third kappa shape index (κ3) is 2.01. The molecule has 0 bridgehead atoms. The van der Waals surface area contributed by atoms with Crippen molar-refractivity contribution in [2.45, 2.75) is 11.7 Å². The summed E-state index contributed by atoms with van der Waals surface area (Å²) >= 11 is 4.23. The molecule has 1 unspecified atom stereocenters. The van der Waals surface area contributed by atoms with Crippen molar-refractivity contribution in [2.75, 3.05) is 11.4 Å². The van der Waals surface area contributed by atoms with Crippen LogP contribution in [0.5, 0.6) is 0 Å². The number of amides is 1. The molecule has 1 aliphatic rings. The van der Waals surface area contributed by atoms with Crippen molar-refractivity contribution in [3.8, 4) is 0 Å². The molecular formula is C10H10N2O3S. The van der Waals surface area contributed by atoms with Crippen LogP contribution < -0.4 is 4.90 Å². The van der Waals surface area contributed by atoms with Crippen molar-refractivity contribution in [1.29, 1.82) is 0 Å². The van der Waals surface area contributed by atoms with Crippen LogP contribution in [0.15, 0.2) is 24.3 Å². The van der Waals surface area contributed by atoms with Gasteiger partial charge in [0, 0.05) is 30.3 Å². The number of carbonyl (C=O) groups is 1. The molecule has 6 heteroatoms. The number of nitrogens with zero attached hydrogens (tertiary/aromatic N) is 2. The molecular weight excluding hydrogens is 228 g/mol. The van der Waals surface area contributed by atoms with Gasteiger partial charge >= 0.3 is 0 Å². The zero-order valence-electron chi connectivity index (χ0n) is 8.37. The number of nitro benzene ring substituents is 1. The van der Waals surface area contributed by atoms with Gasteiger partial charge in [0.25, 0.3) is 5.69 Å². The number of thiol groups is 1. The van der Waals surface area contributed by atoms with E-state index in [9.17, 15) is 14.9 Å². The van der Waals surface area contributed by atoms with Gasteiger partial charge < -0.3 is 4.90 Å². The average Bonchev–Trinajstić information content (AvgIpc) is 2.58. The van der Waals surface area contributed by atoms with E-state index in [1.807, 2.05) is 0 Å². The van der Waals surface area contributed by atoms with E-state index in [0.717, 1.165) is 0 Å². The number of hydrogen-bond acceptors (Lipinski definition) is 4. The third-order valence-corrected chi connectivity index (χ3v) is 2.80. The minimum Gasteiger partial charge on any atom is -0.311 e. The van der Waals surface area contributed by atoms with Crippen LogP contribution in [0.3, 0.4) is 0 Å². The maximum absolute atomic E-state index is 11.6. The minimum atomic E-state index is -0.470. The molecule has 1 saturated heterocycles. The van der Waals surface area contributed by atoms with E-state index in [2.05, 4.69) is 12.6 Å². The lowest BCUT2D eigenvalue weighted by molar-refractivity contribution is -0.384. The Morgan fingerprint density at radius 2 is 2.25 bits per heavy atom. The number of rotatable bonds is 2. The minimum absolute atomic E-state index is 0.00626. The lowest BCUT2D eigenvalue weighted by Gasteiger charge is -2.15. The van der Waals surface area contributed by atoms with Crippen LogP contribution in [0.2, 0.25) is 0 Å². The van der Waals surface area contributed by atoms with Crippen molar-refractivity contribution >= 4 is 29.9 Å². The molecule has 1 aromatic rings. The van der Waals surface area contributed by atoms with Crippen molar-refractivity contribution < 1.29 is 9.72 Å². The van der Waals surface area contributed by atoms with Gasteiger partial charge in [-0.1, -0.05) is 6.07 Å². The SMILES string of the molecule is O=C1CC(S)CN1c1cccc([N+](=O)[O-])c1. The Labute approximate surface area is 97.6 Å². The van der Waals surface area contributed by atoms with Crippen LogP contribution in [0.25, 0.3) is 0 Å². The number of benzene rings is 1. The molecule has 1 aliphatic heterocycles. The first-order valence-electron chi connectivity index (χ1n) is 4.81. The maximum atomic E-state index is 11.6. The first kappa shape index (κ1) is 10.9. The average molecular weight is 238 g/mol. The molecule has 1 fully saturated rings. The molecule has 0 saturated carbocycles. The molecule has 1 atom stereocenters. The highest BCUT2D eigenvalue weighted by atomic mass is 32.1. The highest BCUT2D eigenvalue weighted by Crippen LogP contribution is 2.26. The highest BCUT2D eigenvalue weighted by Gasteiger charge is 2.28. The van der Waals surface area contributed by atoms with E-state index in [-0.39, 0.29) is 16.8 Å². The zero-order chi connectivity index (χ0) is 11.7. The third-order valence-electron chi connectivity index (χ3n) is 2.46. The van der Waals surface area contributed by atoms with Gasteiger partial charge in [-0.3, -0.25) is 14.9 Å². The Morgan fingerprint density at radius 1 is 1.50 bits per heavy atom. The normalized spacial score (nSPS) is 20.2. The van der Waals surface area contributed by atoms with Crippen molar-refractivity contribution in [3.63, 3.8) is 0 Å². The molecule has 0 aliphatic carbocycles. The van der Waals surface area contributed by atoms with Gasteiger partial charge in [0.15, 0.2) is 0 Å². The summed E-state index contributed by atoms with van der Waals surface area (Å²) in [5.41, 5.74) is 0.559. The molecule has 2 rings (SSSR count). The zero-order valence-corrected chi connectivity index (χ0v) is 9.26. The highest BCUT2D eigenvalue weighted by molar-refractivity contribution is 7.81. The summed E-state index contributed by atoms with van der Waals surface area (Å²) in [6.07, 6.45) is 0.381. The number of non-ortho nitro benzene ring substituents is 1. The van der Waals surface area contributed by atoms with Crippen LogP contribution in [0.4, 0.5) is 11.4 Å². The Morgan fingerprint density at radius 3 is 2.81 bits per heavy atom. The van der Waals surface area contributed by atoms with Gasteiger partial charge in [0.2, 0.25) is 5.91 Å². The Balaban J connectivity index is 2.30. The molecule has 0 N–H and O–H groups in total. The van der Waals surface area contributed by atoms with Crippen molar-refractivity contribution in [3.05, 3.63) is 34.4 Å². The smallest absolute Gasteiger partial charge is 0.271 e. The van der Waals surface area contributed by atoms with Gasteiger partial charge in [-0.05, 0) is 6.07 Å². The summed E-state index contributed by atoms with van der Waals surface area (Å²) in [6, 6.07) is 6.08. The van der Waals surface area contributed by atoms with E-state index in [1.54, 1.807) is 12.1 Å². The molecule has 0 spiro atoms. The van der Waals surface area contributed by atoms with E-state index < -0.39 is 4.92 Å². The number of hydrogen-bond donors (Lipinski definition) is 1. The fourth-order valence-electron chi connectivity index (χ4n) is 1.71. The first-order chi connectivity index (χ1) is 7.58. The summed E-state index contributed by atoms with van der Waals surface area (Å²) in [4.78, 5) is 23.2. The van der Waals surface area contributed by atoms with E-state index in [4.69, 9.17) is 0 Å². The second-order valence-electron chi connectivity index (χ2n) is 3.64. The molecule has 0 radical (unpaired) electrons. The van der Waals surface area contributed by atoms with Crippen LogP contribution >= 0.6 is 12.6 Å². The fraction of sp³-hybridized carbons (Fsp3) is 0.300. The van der Waals surface area contributed by atoms with Crippen molar-refractivity contribution in [2.24, 2.45) is 0 Å². The summed E-state index contributed by atoms with van der Waals surface area (Å²) in [5, 5.41) is 10.6. The molecule has 16 heavy (non-hydrogen) atoms. The molecule has 1 amide bonds. The second kappa shape index (κ2) is 4.13. The van der Waals surface area contributed by atoms with E-state index >= 15 is 0 Å². The Hall–Kier alpha value is -1.56. The van der Waals surface area contributed by atoms with Gasteiger partial charge in [-0.25, -0.2) is 0 Å². The molecule has 5 nitrogen and oxygen atoms in total. The fourth-order valence-corrected chi connectivity index (χ4v) is 2.03. The van der Waals surface area contributed by atoms with Crippen LogP contribution in [0.1, 0.15) is 6.42 Å². The molecule has 1 aromatic carbocycles. The van der Waals surface area contributed by atoms with E-state index in [1.165, 1.54) is 17.0 Å². The van der Waals surface area contributed by atoms with Crippen LogP contribution in [0, 0.1) is 10.1 Å². The number of carbonyl (C=O) groups excluding carboxylic acids is 1. The largest absolute Gasteiger partial charge is 0.311 e. The number of anilines is 1. The van der Waals surface area contributed by atoms with Crippen molar-refractivity contribution in [1.82, 2.24) is 0 Å². The first-order valence-corrected chi connectivity index (χ1v) is 5.32. The lowest BCUT2D eigenvalue weighted by atomic mass is 10.2. The predicted molar refractivity (Wildman–Crippen MR) is 62.8 cm³/mol. The quantitative estimate of drug-likeness (QED) is 0.484. The summed E-state index contributed by atoms with van der Waals surface area (Å²) in [6.45, 7) is 0.503. The van der Waals surface area contributed by atoms with Gasteiger partial charge in [0.1, 0.15) is 0 Å². The Kier molecular flexibility index (Phi) is 2.82. The summed E-state index contributed by atoms with van der Waals surface area (Å²) in [7, 11) is 0. The number of nitro groups is 1. The second-order valence-corrected chi connectivity index (χ2v) is 4.37. The topological polar surface area (TPSA) is 63.5 Å². The standard InChI is InChI=1S/C10H10N2O3S/c13-10-5-9(16)6-11(10)7-2-1-3-8(4-7)12(14)15/h1-4,9,16H,5-6H2. The van der Waals surface area contributed by atoms with Gasteiger partial charge in [-0.15, -0.1) is 0 Å². The predicted octanol–water partition coefficient (Wildman–Crippen LogP) is 1.63. The lowest BCUT2D eigenvalue weighted by Crippen LogP contribution is -2.24. The van der Waals surface area contributed by atoms with E-state index in [0.29, 0.717) is 18.7 Å². The maximum Gasteiger partial charge on any atom is 0.271 e. The molecule has 84 valence electrons. The van der Waals surface area contributed by atoms with Gasteiger partial charge in [-0.2, -0.15) is 12.6 Å². The molecule has 1 heterocycles. The van der Waals surface area contributed by atoms with Crippen LogP contribution in [-0.2, 0) is 4.79 Å². The summed E-state index contributed by atoms with van der Waals surface area (Å²) < 4.78 is 0. The van der Waals surface area contributed by atoms with Crippen LogP contribution in [-0.4, -0.2) is 22.6 Å². The summed E-state index contributed by atoms with van der Waals surface area (Å²) in [5.74, 6) is -0.0412.